The van der Waals surface area contributed by atoms with Gasteiger partial charge < -0.3 is 30.9 Å². The van der Waals surface area contributed by atoms with Crippen LogP contribution in [0.2, 0.25) is 0 Å². The van der Waals surface area contributed by atoms with Crippen molar-refractivity contribution in [2.45, 2.75) is 49.5 Å². The average Bonchev–Trinajstić information content (AvgIpc) is 3.72. The highest BCUT2D eigenvalue weighted by molar-refractivity contribution is 8.44. The highest BCUT2D eigenvalue weighted by atomic mass is 32.7. The number of imidazole rings is 2. The molecule has 244 valence electrons. The number of rotatable bonds is 10. The number of hydrogen-bond donors (Lipinski definition) is 7. The Bertz CT molecular complexity index is 1890. The Hall–Kier alpha value is -2.69. The number of aliphatic hydroxyl groups is 1. The van der Waals surface area contributed by atoms with E-state index in [4.69, 9.17) is 34.5 Å². The van der Waals surface area contributed by atoms with E-state index in [2.05, 4.69) is 54.4 Å². The summed E-state index contributed by atoms with van der Waals surface area (Å²) >= 11 is 7.45. The molecule has 1 unspecified atom stereocenters. The number of aromatic nitrogens is 8. The van der Waals surface area contributed by atoms with Crippen LogP contribution in [0.25, 0.3) is 22.3 Å². The number of anilines is 2. The van der Waals surface area contributed by atoms with Crippen molar-refractivity contribution in [3.63, 3.8) is 0 Å². The van der Waals surface area contributed by atoms with E-state index in [0.717, 1.165) is 10.9 Å². The van der Waals surface area contributed by atoms with E-state index < -0.39 is 75.4 Å². The molecule has 0 saturated carbocycles. The van der Waals surface area contributed by atoms with Gasteiger partial charge in [0.2, 0.25) is 5.95 Å². The minimum atomic E-state index is -4.37. The van der Waals surface area contributed by atoms with E-state index in [1.54, 1.807) is 0 Å². The molecule has 6 heterocycles. The largest absolute Gasteiger partial charge is 0.386 e. The van der Waals surface area contributed by atoms with Crippen molar-refractivity contribution in [1.82, 2.24) is 39.0 Å². The number of H-pyrrole nitrogens is 1. The Labute approximate surface area is 261 Å². The maximum Gasteiger partial charge on any atom is 0.386 e. The van der Waals surface area contributed by atoms with Gasteiger partial charge in [0.1, 0.15) is 36.3 Å². The molecule has 0 bridgehead atoms. The van der Waals surface area contributed by atoms with Crippen LogP contribution in [0.1, 0.15) is 18.9 Å². The van der Waals surface area contributed by atoms with Gasteiger partial charge in [0.05, 0.1) is 32.0 Å². The Morgan fingerprint density at radius 2 is 1.76 bits per heavy atom. The van der Waals surface area contributed by atoms with Crippen LogP contribution in [-0.2, 0) is 32.2 Å². The van der Waals surface area contributed by atoms with Gasteiger partial charge in [-0.05, 0) is 0 Å². The van der Waals surface area contributed by atoms with Gasteiger partial charge in [0, 0.05) is 6.42 Å². The number of halogens is 1. The lowest BCUT2D eigenvalue weighted by molar-refractivity contribution is -0.0479. The molecule has 2 aliphatic rings. The van der Waals surface area contributed by atoms with Gasteiger partial charge in [-0.25, -0.2) is 33.5 Å². The standard InChI is InChI=1S/C20H25FN10O10P2S2/c21-8-1-7(39-18(8)30-5-26-10-14(22)24-4-25-15(10)30)2-38-43(36,45)41-13-9(3-37-42(34,35)44)40-19(12(13)32)31-6-27-11-16(31)28-20(23)29-17(11)33/h4-9,12-13,18-19,32H,1-3H2,(H,36,45)(H2,22,24,25)(H2,34,35,44)(H3,23,28,29,33)/t7-,8+,9+,12+,13+,18+,19+,43+/m0/s1. The summed E-state index contributed by atoms with van der Waals surface area (Å²) in [5.41, 5.74) is 11.1. The van der Waals surface area contributed by atoms with E-state index in [9.17, 15) is 23.9 Å². The topological polar surface area (TPSA) is 280 Å². The molecule has 0 amide bonds. The fraction of sp³-hybridized carbons (Fsp3) is 0.500. The number of aromatic amines is 1. The average molecular weight is 711 g/mol. The van der Waals surface area contributed by atoms with Crippen molar-refractivity contribution >= 4 is 72.2 Å². The van der Waals surface area contributed by atoms with Crippen molar-refractivity contribution in [1.29, 1.82) is 0 Å². The summed E-state index contributed by atoms with van der Waals surface area (Å²) in [5, 5.41) is 11.2. The predicted molar refractivity (Wildman–Crippen MR) is 158 cm³/mol. The number of thiol groups is 2. The second-order valence-electron chi connectivity index (χ2n) is 9.93. The van der Waals surface area contributed by atoms with Crippen LogP contribution in [-0.4, -0.2) is 92.8 Å². The molecule has 7 N–H and O–H groups in total. The Morgan fingerprint density at radius 1 is 1.04 bits per heavy atom. The lowest BCUT2D eigenvalue weighted by Gasteiger charge is -2.24. The molecular formula is C20H25FN10O10P2S2. The minimum Gasteiger partial charge on any atom is -0.386 e. The maximum atomic E-state index is 15.0. The zero-order chi connectivity index (χ0) is 32.3. The first-order valence-electron chi connectivity index (χ1n) is 12.8. The number of fused-ring (bicyclic) bond motifs is 2. The van der Waals surface area contributed by atoms with Gasteiger partial charge >= 0.3 is 13.6 Å². The lowest BCUT2D eigenvalue weighted by atomic mass is 10.1. The zero-order valence-electron chi connectivity index (χ0n) is 22.5. The normalized spacial score (nSPS) is 29.8. The molecule has 2 fully saturated rings. The number of nitrogen functional groups attached to an aromatic ring is 2. The number of aliphatic hydroxyl groups excluding tert-OH is 1. The number of nitrogens with two attached hydrogens (primary N) is 2. The van der Waals surface area contributed by atoms with Gasteiger partial charge in [0.15, 0.2) is 35.1 Å². The third-order valence-electron chi connectivity index (χ3n) is 6.91. The van der Waals surface area contributed by atoms with Gasteiger partial charge in [-0.2, -0.15) is 4.98 Å². The number of nitrogens with one attached hydrogen (secondary N) is 1. The summed E-state index contributed by atoms with van der Waals surface area (Å²) in [5.74, 6) is -0.139. The molecule has 0 aliphatic carbocycles. The second-order valence-corrected chi connectivity index (χ2v) is 15.6. The highest BCUT2D eigenvalue weighted by Crippen LogP contribution is 2.57. The van der Waals surface area contributed by atoms with Gasteiger partial charge in [-0.1, -0.05) is 24.5 Å². The van der Waals surface area contributed by atoms with Gasteiger partial charge in [-0.3, -0.25) is 32.5 Å². The Balaban J connectivity index is 1.16. The monoisotopic (exact) mass is 710 g/mol. The quantitative estimate of drug-likeness (QED) is 0.0871. The van der Waals surface area contributed by atoms with Crippen LogP contribution < -0.4 is 17.0 Å². The summed E-state index contributed by atoms with van der Waals surface area (Å²) in [4.78, 5) is 44.0. The first-order valence-corrected chi connectivity index (χ1v) is 18.3. The van der Waals surface area contributed by atoms with Crippen LogP contribution in [0.3, 0.4) is 0 Å². The maximum absolute atomic E-state index is 15.0. The molecule has 4 aromatic rings. The molecule has 2 aliphatic heterocycles. The van der Waals surface area contributed by atoms with Gasteiger partial charge in [-0.15, -0.1) is 0 Å². The highest BCUT2D eigenvalue weighted by Gasteiger charge is 2.50. The van der Waals surface area contributed by atoms with Crippen LogP contribution in [0, 0.1) is 0 Å². The molecule has 0 radical (unpaired) electrons. The number of hydrogen-bond acceptors (Lipinski definition) is 16. The summed E-state index contributed by atoms with van der Waals surface area (Å²) in [7, 11) is 0. The van der Waals surface area contributed by atoms with E-state index in [-0.39, 0.29) is 40.5 Å². The van der Waals surface area contributed by atoms with E-state index >= 15 is 4.39 Å². The van der Waals surface area contributed by atoms with Crippen LogP contribution in [0.5, 0.6) is 0 Å². The molecule has 4 aromatic heterocycles. The van der Waals surface area contributed by atoms with Crippen molar-refractivity contribution in [2.75, 3.05) is 24.7 Å². The molecule has 6 rings (SSSR count). The predicted octanol–water partition coefficient (Wildman–Crippen LogP) is 0.494. The smallest absolute Gasteiger partial charge is 0.386 e. The van der Waals surface area contributed by atoms with Crippen LogP contribution >= 0.6 is 38.1 Å². The van der Waals surface area contributed by atoms with Crippen molar-refractivity contribution in [3.05, 3.63) is 29.3 Å². The Kier molecular flexibility index (Phi) is 8.71. The third kappa shape index (κ3) is 6.60. The molecule has 45 heavy (non-hydrogen) atoms. The van der Waals surface area contributed by atoms with E-state index in [1.807, 2.05) is 0 Å². The van der Waals surface area contributed by atoms with Crippen LogP contribution in [0.15, 0.2) is 23.8 Å². The first-order chi connectivity index (χ1) is 21.2. The lowest BCUT2D eigenvalue weighted by Crippen LogP contribution is -2.35. The van der Waals surface area contributed by atoms with Crippen molar-refractivity contribution in [2.24, 2.45) is 0 Å². The summed E-state index contributed by atoms with van der Waals surface area (Å²) in [6, 6.07) is 0. The van der Waals surface area contributed by atoms with Gasteiger partial charge in [0.25, 0.3) is 5.56 Å². The molecule has 2 saturated heterocycles. The van der Waals surface area contributed by atoms with Crippen molar-refractivity contribution in [3.8, 4) is 0 Å². The fourth-order valence-electron chi connectivity index (χ4n) is 4.98. The summed E-state index contributed by atoms with van der Waals surface area (Å²) in [6.07, 6.45) is -6.09. The molecule has 25 heteroatoms. The molecule has 20 nitrogen and oxygen atoms in total. The van der Waals surface area contributed by atoms with Crippen LogP contribution in [0.4, 0.5) is 16.2 Å². The molecule has 9 atom stereocenters. The zero-order valence-corrected chi connectivity index (χ0v) is 26.1. The van der Waals surface area contributed by atoms with Crippen molar-refractivity contribution < 1.29 is 46.6 Å². The first kappa shape index (κ1) is 32.3. The minimum absolute atomic E-state index is 0.0681. The second kappa shape index (κ2) is 12.2. The Morgan fingerprint density at radius 3 is 2.49 bits per heavy atom. The molecule has 0 spiro atoms. The SMILES string of the molecule is Nc1nc2c(ncn2[C@@H]2O[C@H](COP(=O)(O)S)[C@@H](O[P@](=O)(S)OC[C@@H]3C[C@@H](F)[C@H](n4cnc5c(N)ncnc54)O3)[C@H]2O)c(=O)[nH]1. The third-order valence-corrected chi connectivity index (χ3v) is 9.36. The molecule has 0 aromatic carbocycles. The summed E-state index contributed by atoms with van der Waals surface area (Å²) in [6.45, 7) is -9.83. The van der Waals surface area contributed by atoms with E-state index in [1.165, 1.54) is 17.2 Å². The fourth-order valence-corrected chi connectivity index (χ4v) is 7.04. The number of alkyl halides is 1. The summed E-state index contributed by atoms with van der Waals surface area (Å²) < 4.78 is 69.9. The molecular weight excluding hydrogens is 685 g/mol. The number of ether oxygens (including phenoxy) is 2. The number of nitrogens with zero attached hydrogens (tertiary/aromatic N) is 7. The van der Waals surface area contributed by atoms with E-state index in [0.29, 0.717) is 0 Å².